The van der Waals surface area contributed by atoms with E-state index < -0.39 is 12.1 Å². The summed E-state index contributed by atoms with van der Waals surface area (Å²) >= 11 is 0. The molecule has 0 saturated heterocycles. The fraction of sp³-hybridized carbons (Fsp3) is 0.300. The van der Waals surface area contributed by atoms with Gasteiger partial charge in [-0.3, -0.25) is 4.79 Å². The second kappa shape index (κ2) is 7.03. The van der Waals surface area contributed by atoms with Crippen LogP contribution in [0.2, 0.25) is 0 Å². The number of nitrogens with two attached hydrogens (primary N) is 1. The molecular weight excluding hydrogens is 361 g/mol. The van der Waals surface area contributed by atoms with E-state index in [-0.39, 0.29) is 12.3 Å². The van der Waals surface area contributed by atoms with Gasteiger partial charge in [0.15, 0.2) is 0 Å². The zero-order valence-electron chi connectivity index (χ0n) is 15.6. The van der Waals surface area contributed by atoms with Crippen molar-refractivity contribution in [2.24, 2.45) is 5.92 Å². The number of aryl methyl sites for hydroxylation is 1. The molecule has 0 aliphatic heterocycles. The molecule has 28 heavy (non-hydrogen) atoms. The summed E-state index contributed by atoms with van der Waals surface area (Å²) in [4.78, 5) is 24.9. The van der Waals surface area contributed by atoms with Gasteiger partial charge in [-0.15, -0.1) is 0 Å². The number of fused-ring (bicyclic) bond motifs is 1. The van der Waals surface area contributed by atoms with Crippen molar-refractivity contribution < 1.29 is 13.9 Å². The Labute approximate surface area is 161 Å². The van der Waals surface area contributed by atoms with Gasteiger partial charge in [0.1, 0.15) is 17.8 Å². The van der Waals surface area contributed by atoms with Crippen LogP contribution in [0.25, 0.3) is 22.0 Å². The lowest BCUT2D eigenvalue weighted by Gasteiger charge is -2.12. The molecule has 1 amide bonds. The molecule has 1 saturated carbocycles. The average molecular weight is 381 g/mol. The van der Waals surface area contributed by atoms with Crippen LogP contribution < -0.4 is 15.8 Å². The highest BCUT2D eigenvalue weighted by atomic mass is 19.1. The van der Waals surface area contributed by atoms with E-state index >= 15 is 0 Å². The molecule has 0 aromatic carbocycles. The Balaban J connectivity index is 1.73. The Morgan fingerprint density at radius 1 is 1.32 bits per heavy atom. The smallest absolute Gasteiger partial charge is 0.231 e. The number of nitrogen functional groups attached to an aromatic ring is 1. The summed E-state index contributed by atoms with van der Waals surface area (Å²) in [5.41, 5.74) is 8.70. The summed E-state index contributed by atoms with van der Waals surface area (Å²) in [7, 11) is 1.57. The lowest BCUT2D eigenvalue weighted by atomic mass is 10.0. The van der Waals surface area contributed by atoms with Gasteiger partial charge in [-0.05, 0) is 35.9 Å². The highest BCUT2D eigenvalue weighted by Gasteiger charge is 2.43. The molecule has 3 aromatic rings. The fourth-order valence-electron chi connectivity index (χ4n) is 3.14. The Kier molecular flexibility index (Phi) is 4.54. The second-order valence-corrected chi connectivity index (χ2v) is 6.77. The number of halogens is 1. The Morgan fingerprint density at radius 3 is 2.79 bits per heavy atom. The van der Waals surface area contributed by atoms with Crippen molar-refractivity contribution >= 4 is 28.3 Å². The number of hydrogen-bond acceptors (Lipinski definition) is 6. The standard InChI is InChI=1S/C20H20FN5O2/c1-3-10-6-18(28-2)24-8-13(10)16-4-11-5-17(23-9-14(11)19(22)25-16)26-20(27)12-7-15(12)21/h4-6,8-9,12,15H,3,7H2,1-2H3,(H2,22,25)(H,23,26,27)/t12-,15+/m1/s1. The van der Waals surface area contributed by atoms with Gasteiger partial charge in [0.25, 0.3) is 0 Å². The van der Waals surface area contributed by atoms with E-state index in [4.69, 9.17) is 10.5 Å². The van der Waals surface area contributed by atoms with Crippen LogP contribution in [0.1, 0.15) is 18.9 Å². The van der Waals surface area contributed by atoms with Crippen molar-refractivity contribution in [2.75, 3.05) is 18.2 Å². The number of aromatic nitrogens is 3. The number of hydrogen-bond donors (Lipinski definition) is 2. The molecule has 2 atom stereocenters. The predicted molar refractivity (Wildman–Crippen MR) is 105 cm³/mol. The first-order chi connectivity index (χ1) is 13.5. The number of carbonyl (C=O) groups is 1. The van der Waals surface area contributed by atoms with Crippen molar-refractivity contribution in [3.8, 4) is 17.1 Å². The normalized spacial score (nSPS) is 18.1. The van der Waals surface area contributed by atoms with E-state index in [1.807, 2.05) is 19.1 Å². The highest BCUT2D eigenvalue weighted by molar-refractivity contribution is 5.98. The lowest BCUT2D eigenvalue weighted by molar-refractivity contribution is -0.117. The summed E-state index contributed by atoms with van der Waals surface area (Å²) in [6, 6.07) is 5.46. The Bertz CT molecular complexity index is 1070. The molecule has 1 fully saturated rings. The molecule has 7 nitrogen and oxygen atoms in total. The largest absolute Gasteiger partial charge is 0.481 e. The third-order valence-electron chi connectivity index (χ3n) is 4.88. The molecule has 3 heterocycles. The third kappa shape index (κ3) is 3.33. The topological polar surface area (TPSA) is 103 Å². The molecule has 0 spiro atoms. The molecule has 0 radical (unpaired) electrons. The first-order valence-corrected chi connectivity index (χ1v) is 9.04. The minimum atomic E-state index is -1.05. The van der Waals surface area contributed by atoms with E-state index in [1.54, 1.807) is 25.6 Å². The first-order valence-electron chi connectivity index (χ1n) is 9.04. The van der Waals surface area contributed by atoms with E-state index in [2.05, 4.69) is 20.3 Å². The predicted octanol–water partition coefficient (Wildman–Crippen LogP) is 3.14. The molecule has 4 rings (SSSR count). The van der Waals surface area contributed by atoms with E-state index in [1.165, 1.54) is 0 Å². The number of nitrogens with zero attached hydrogens (tertiary/aromatic N) is 3. The maximum atomic E-state index is 13.1. The van der Waals surface area contributed by atoms with Crippen molar-refractivity contribution in [3.63, 3.8) is 0 Å². The van der Waals surface area contributed by atoms with Gasteiger partial charge >= 0.3 is 0 Å². The van der Waals surface area contributed by atoms with Crippen LogP contribution >= 0.6 is 0 Å². The number of alkyl halides is 1. The van der Waals surface area contributed by atoms with E-state index in [9.17, 15) is 9.18 Å². The van der Waals surface area contributed by atoms with Crippen LogP contribution in [0.3, 0.4) is 0 Å². The summed E-state index contributed by atoms with van der Waals surface area (Å²) in [5.74, 6) is 0.301. The minimum absolute atomic E-state index is 0.269. The van der Waals surface area contributed by atoms with Gasteiger partial charge in [-0.25, -0.2) is 19.3 Å². The number of pyridine rings is 3. The number of rotatable bonds is 5. The monoisotopic (exact) mass is 381 g/mol. The van der Waals surface area contributed by atoms with Crippen molar-refractivity contribution in [2.45, 2.75) is 25.9 Å². The van der Waals surface area contributed by atoms with Crippen molar-refractivity contribution in [1.82, 2.24) is 15.0 Å². The summed E-state index contributed by atoms with van der Waals surface area (Å²) < 4.78 is 18.3. The van der Waals surface area contributed by atoms with Crippen LogP contribution in [-0.4, -0.2) is 34.1 Å². The highest BCUT2D eigenvalue weighted by Crippen LogP contribution is 2.35. The molecule has 3 N–H and O–H groups in total. The van der Waals surface area contributed by atoms with Gasteiger partial charge in [0.05, 0.1) is 18.7 Å². The number of ether oxygens (including phenoxy) is 1. The van der Waals surface area contributed by atoms with Crippen LogP contribution in [0.4, 0.5) is 16.0 Å². The Morgan fingerprint density at radius 2 is 2.11 bits per heavy atom. The fourth-order valence-corrected chi connectivity index (χ4v) is 3.14. The van der Waals surface area contributed by atoms with Crippen molar-refractivity contribution in [3.05, 3.63) is 36.2 Å². The van der Waals surface area contributed by atoms with Gasteiger partial charge < -0.3 is 15.8 Å². The summed E-state index contributed by atoms with van der Waals surface area (Å²) in [6.45, 7) is 2.04. The number of anilines is 2. The van der Waals surface area contributed by atoms with Gasteiger partial charge in [-0.1, -0.05) is 6.92 Å². The average Bonchev–Trinajstić information content (AvgIpc) is 3.44. The minimum Gasteiger partial charge on any atom is -0.481 e. The Hall–Kier alpha value is -3.29. The van der Waals surface area contributed by atoms with Crippen LogP contribution in [0.15, 0.2) is 30.6 Å². The van der Waals surface area contributed by atoms with E-state index in [0.29, 0.717) is 28.6 Å². The van der Waals surface area contributed by atoms with Crippen LogP contribution in [0.5, 0.6) is 5.88 Å². The molecule has 144 valence electrons. The molecule has 0 unspecified atom stereocenters. The number of nitrogens with one attached hydrogen (secondary N) is 1. The van der Waals surface area contributed by atoms with Gasteiger partial charge in [0.2, 0.25) is 11.8 Å². The number of methoxy groups -OCH3 is 1. The zero-order valence-corrected chi connectivity index (χ0v) is 15.6. The second-order valence-electron chi connectivity index (χ2n) is 6.77. The molecule has 1 aliphatic carbocycles. The van der Waals surface area contributed by atoms with Crippen molar-refractivity contribution in [1.29, 1.82) is 0 Å². The molecular formula is C20H20FN5O2. The summed E-state index contributed by atoms with van der Waals surface area (Å²) in [5, 5.41) is 4.12. The number of amides is 1. The molecule has 0 bridgehead atoms. The quantitative estimate of drug-likeness (QED) is 0.704. The molecule has 1 aliphatic rings. The maximum absolute atomic E-state index is 13.1. The lowest BCUT2D eigenvalue weighted by Crippen LogP contribution is -2.15. The number of carbonyl (C=O) groups excluding carboxylic acids is 1. The van der Waals surface area contributed by atoms with Gasteiger partial charge in [-0.2, -0.15) is 0 Å². The molecule has 3 aromatic heterocycles. The van der Waals surface area contributed by atoms with Crippen LogP contribution in [-0.2, 0) is 11.2 Å². The van der Waals surface area contributed by atoms with E-state index in [0.717, 1.165) is 22.9 Å². The van der Waals surface area contributed by atoms with Crippen LogP contribution in [0, 0.1) is 5.92 Å². The zero-order chi connectivity index (χ0) is 19.8. The maximum Gasteiger partial charge on any atom is 0.231 e. The van der Waals surface area contributed by atoms with Gasteiger partial charge in [0, 0.05) is 29.4 Å². The first kappa shape index (κ1) is 18.1. The molecule has 8 heteroatoms. The SMILES string of the molecule is CCc1cc(OC)ncc1-c1cc2cc(NC(=O)[C@@H]3C[C@@H]3F)ncc2c(N)n1. The third-order valence-corrected chi connectivity index (χ3v) is 4.88. The summed E-state index contributed by atoms with van der Waals surface area (Å²) in [6.07, 6.45) is 3.26.